The molecule has 1 rings (SSSR count). The molecular formula is C22H42O3SSi2. The fourth-order valence-electron chi connectivity index (χ4n) is 3.21. The van der Waals surface area contributed by atoms with Crippen molar-refractivity contribution in [3.05, 3.63) is 0 Å². The number of cyclic esters (lactones) is 1. The number of hydrogen-bond donors (Lipinski definition) is 0. The molecular weight excluding hydrogens is 400 g/mol. The van der Waals surface area contributed by atoms with Gasteiger partial charge < -0.3 is 9.16 Å². The fraction of sp³-hybridized carbons (Fsp3) is 0.864. The van der Waals surface area contributed by atoms with Crippen molar-refractivity contribution in [3.8, 4) is 11.5 Å². The van der Waals surface area contributed by atoms with Gasteiger partial charge in [-0.05, 0) is 50.6 Å². The maximum Gasteiger partial charge on any atom is 0.322 e. The van der Waals surface area contributed by atoms with Crippen molar-refractivity contribution in [3.63, 3.8) is 0 Å². The number of carbonyl (C=O) groups excluding carboxylic acids is 1. The van der Waals surface area contributed by atoms with E-state index < -0.39 is 21.1 Å². The van der Waals surface area contributed by atoms with E-state index in [1.54, 1.807) is 11.8 Å². The van der Waals surface area contributed by atoms with Crippen LogP contribution in [-0.2, 0) is 14.0 Å². The van der Waals surface area contributed by atoms with Gasteiger partial charge in [0, 0.05) is 18.9 Å². The Morgan fingerprint density at radius 3 is 2.32 bits per heavy atom. The van der Waals surface area contributed by atoms with Gasteiger partial charge in [-0.25, -0.2) is 0 Å². The first-order chi connectivity index (χ1) is 12.6. The van der Waals surface area contributed by atoms with Gasteiger partial charge in [-0.1, -0.05) is 40.4 Å². The normalized spacial score (nSPS) is 24.5. The summed E-state index contributed by atoms with van der Waals surface area (Å²) in [5.41, 5.74) is 3.45. The van der Waals surface area contributed by atoms with Crippen LogP contribution in [0.1, 0.15) is 59.8 Å². The molecule has 0 aromatic heterocycles. The molecule has 3 nitrogen and oxygen atoms in total. The maximum absolute atomic E-state index is 12.6. The Morgan fingerprint density at radius 2 is 1.89 bits per heavy atom. The molecule has 0 saturated carbocycles. The zero-order chi connectivity index (χ0) is 21.8. The van der Waals surface area contributed by atoms with Gasteiger partial charge in [0.25, 0.3) is 0 Å². The van der Waals surface area contributed by atoms with E-state index in [9.17, 15) is 4.79 Å². The topological polar surface area (TPSA) is 35.5 Å². The second kappa shape index (κ2) is 9.72. The number of esters is 1. The number of rotatable bonds is 8. The molecule has 0 N–H and O–H groups in total. The van der Waals surface area contributed by atoms with E-state index in [1.807, 2.05) is 13.2 Å². The Morgan fingerprint density at radius 1 is 1.29 bits per heavy atom. The van der Waals surface area contributed by atoms with E-state index in [4.69, 9.17) is 9.16 Å². The summed E-state index contributed by atoms with van der Waals surface area (Å²) in [6.45, 7) is 20.2. The molecule has 0 aromatic carbocycles. The summed E-state index contributed by atoms with van der Waals surface area (Å²) in [5, 5.41) is 0.152. The van der Waals surface area contributed by atoms with Crippen LogP contribution in [0, 0.1) is 11.5 Å². The average molecular weight is 443 g/mol. The predicted octanol–water partition coefficient (Wildman–Crippen LogP) is 6.26. The molecule has 0 aliphatic carbocycles. The molecule has 0 amide bonds. The van der Waals surface area contributed by atoms with Gasteiger partial charge in [-0.3, -0.25) is 4.79 Å². The van der Waals surface area contributed by atoms with Crippen molar-refractivity contribution in [2.45, 2.75) is 115 Å². The van der Waals surface area contributed by atoms with Crippen molar-refractivity contribution >= 4 is 34.1 Å². The molecule has 0 radical (unpaired) electrons. The second-order valence-electron chi connectivity index (χ2n) is 10.8. The predicted molar refractivity (Wildman–Crippen MR) is 128 cm³/mol. The average Bonchev–Trinajstić information content (AvgIpc) is 2.78. The summed E-state index contributed by atoms with van der Waals surface area (Å²) < 4.78 is 11.9. The van der Waals surface area contributed by atoms with Gasteiger partial charge in [0.05, 0.1) is 0 Å². The van der Waals surface area contributed by atoms with Gasteiger partial charge in [-0.15, -0.1) is 23.2 Å². The molecule has 3 atom stereocenters. The first kappa shape index (κ1) is 25.8. The van der Waals surface area contributed by atoms with E-state index in [1.165, 1.54) is 0 Å². The fourth-order valence-corrected chi connectivity index (χ4v) is 6.22. The van der Waals surface area contributed by atoms with Crippen LogP contribution in [0.25, 0.3) is 0 Å². The van der Waals surface area contributed by atoms with Crippen LogP contribution in [0.15, 0.2) is 0 Å². The second-order valence-corrected chi connectivity index (χ2v) is 21.5. The van der Waals surface area contributed by atoms with Gasteiger partial charge in [0.1, 0.15) is 18.9 Å². The quantitative estimate of drug-likeness (QED) is 0.192. The highest BCUT2D eigenvalue weighted by atomic mass is 32.2. The number of unbranched alkanes of at least 4 members (excludes halogenated alkanes) is 1. The largest absolute Gasteiger partial charge is 0.462 e. The molecule has 0 spiro atoms. The highest BCUT2D eigenvalue weighted by molar-refractivity contribution is 8.00. The molecule has 1 heterocycles. The van der Waals surface area contributed by atoms with Crippen LogP contribution < -0.4 is 0 Å². The SMILES string of the molecule is CS[C@]1(C[C@@H](CCCC#C[Si](C)(C)C)O[Si](C)(C)C(C)(C)C)C[C@H](C)OC1=O. The number of thioether (sulfide) groups is 1. The third-order valence-corrected chi connectivity index (χ3v) is 12.5. The standard InChI is InChI=1S/C22H42O3SSi2/c1-18-16-22(26-5,20(23)24-18)17-19(25-28(9,10)21(2,3)4)14-12-11-13-15-27(6,7)8/h18-19H,11-12,14,16-17H2,1-10H3/t18-,19+,22-/m0/s1. The van der Waals surface area contributed by atoms with Crippen LogP contribution >= 0.6 is 11.8 Å². The molecule has 1 fully saturated rings. The minimum Gasteiger partial charge on any atom is -0.462 e. The van der Waals surface area contributed by atoms with E-state index in [0.717, 1.165) is 32.1 Å². The van der Waals surface area contributed by atoms with E-state index in [2.05, 4.69) is 65.0 Å². The number of carbonyl (C=O) groups is 1. The molecule has 0 bridgehead atoms. The summed E-state index contributed by atoms with van der Waals surface area (Å²) >= 11 is 1.64. The zero-order valence-corrected chi connectivity index (χ0v) is 22.6. The lowest BCUT2D eigenvalue weighted by molar-refractivity contribution is -0.143. The van der Waals surface area contributed by atoms with Crippen LogP contribution in [0.4, 0.5) is 0 Å². The zero-order valence-electron chi connectivity index (χ0n) is 19.8. The van der Waals surface area contributed by atoms with Gasteiger partial charge in [0.15, 0.2) is 8.32 Å². The summed E-state index contributed by atoms with van der Waals surface area (Å²) in [6.07, 6.45) is 6.51. The number of hydrogen-bond acceptors (Lipinski definition) is 4. The van der Waals surface area contributed by atoms with Crippen molar-refractivity contribution in [2.75, 3.05) is 6.26 Å². The molecule has 0 unspecified atom stereocenters. The smallest absolute Gasteiger partial charge is 0.322 e. The van der Waals surface area contributed by atoms with Crippen molar-refractivity contribution in [1.29, 1.82) is 0 Å². The lowest BCUT2D eigenvalue weighted by atomic mass is 9.94. The van der Waals surface area contributed by atoms with Crippen LogP contribution in [0.2, 0.25) is 37.8 Å². The number of ether oxygens (including phenoxy) is 1. The first-order valence-corrected chi connectivity index (χ1v) is 18.2. The van der Waals surface area contributed by atoms with Crippen molar-refractivity contribution < 1.29 is 14.0 Å². The van der Waals surface area contributed by atoms with E-state index in [-0.39, 0.29) is 23.2 Å². The summed E-state index contributed by atoms with van der Waals surface area (Å²) in [6, 6.07) is 0. The Labute approximate surface area is 180 Å². The Hall–Kier alpha value is -0.226. The highest BCUT2D eigenvalue weighted by Gasteiger charge is 2.50. The molecule has 28 heavy (non-hydrogen) atoms. The molecule has 1 aliphatic rings. The Balaban J connectivity index is 2.91. The van der Waals surface area contributed by atoms with Gasteiger partial charge >= 0.3 is 5.97 Å². The van der Waals surface area contributed by atoms with Gasteiger partial charge in [0.2, 0.25) is 0 Å². The molecule has 162 valence electrons. The van der Waals surface area contributed by atoms with E-state index in [0.29, 0.717) is 0 Å². The van der Waals surface area contributed by atoms with Crippen LogP contribution in [-0.4, -0.2) is 45.6 Å². The Kier molecular flexibility index (Phi) is 8.96. The Bertz CT molecular complexity index is 596. The molecule has 1 saturated heterocycles. The first-order valence-electron chi connectivity index (χ1n) is 10.6. The van der Waals surface area contributed by atoms with Crippen molar-refractivity contribution in [2.24, 2.45) is 0 Å². The summed E-state index contributed by atoms with van der Waals surface area (Å²) in [5.74, 6) is 3.32. The molecule has 0 aromatic rings. The third kappa shape index (κ3) is 7.55. The minimum absolute atomic E-state index is 0.00363. The van der Waals surface area contributed by atoms with Crippen molar-refractivity contribution in [1.82, 2.24) is 0 Å². The van der Waals surface area contributed by atoms with Crippen LogP contribution in [0.5, 0.6) is 0 Å². The van der Waals surface area contributed by atoms with E-state index >= 15 is 0 Å². The van der Waals surface area contributed by atoms with Crippen LogP contribution in [0.3, 0.4) is 0 Å². The lowest BCUT2D eigenvalue weighted by Crippen LogP contribution is -2.46. The van der Waals surface area contributed by atoms with Gasteiger partial charge in [-0.2, -0.15) is 0 Å². The minimum atomic E-state index is -1.91. The third-order valence-electron chi connectivity index (χ3n) is 5.80. The molecule has 1 aliphatic heterocycles. The highest BCUT2D eigenvalue weighted by Crippen LogP contribution is 2.44. The summed E-state index contributed by atoms with van der Waals surface area (Å²) in [7, 11) is -3.23. The summed E-state index contributed by atoms with van der Waals surface area (Å²) in [4.78, 5) is 12.6. The monoisotopic (exact) mass is 442 g/mol. The lowest BCUT2D eigenvalue weighted by Gasteiger charge is -2.41. The maximum atomic E-state index is 12.6. The molecule has 6 heteroatoms.